The standard InChI is InChI=1S/C15H12FNO/c16-14-6-2-5-13(10-14)12-4-1-3-11(9-12)7-8-15(17)18/h1-10H,(H2,17,18)/b8-7-. The van der Waals surface area contributed by atoms with Crippen LogP contribution in [0.4, 0.5) is 4.39 Å². The van der Waals surface area contributed by atoms with Gasteiger partial charge in [-0.3, -0.25) is 4.79 Å². The molecule has 2 N–H and O–H groups in total. The zero-order valence-corrected chi connectivity index (χ0v) is 9.64. The summed E-state index contributed by atoms with van der Waals surface area (Å²) in [7, 11) is 0. The molecule has 0 unspecified atom stereocenters. The van der Waals surface area contributed by atoms with Crippen LogP contribution in [0.25, 0.3) is 17.2 Å². The van der Waals surface area contributed by atoms with Gasteiger partial charge in [0, 0.05) is 6.08 Å². The van der Waals surface area contributed by atoms with Crippen molar-refractivity contribution in [3.63, 3.8) is 0 Å². The second kappa shape index (κ2) is 5.27. The van der Waals surface area contributed by atoms with Crippen LogP contribution in [0.3, 0.4) is 0 Å². The Morgan fingerprint density at radius 1 is 1.06 bits per heavy atom. The van der Waals surface area contributed by atoms with Gasteiger partial charge >= 0.3 is 0 Å². The van der Waals surface area contributed by atoms with E-state index in [1.165, 1.54) is 18.2 Å². The molecule has 2 aromatic rings. The first-order chi connectivity index (χ1) is 8.65. The molecule has 0 heterocycles. The largest absolute Gasteiger partial charge is 0.366 e. The molecule has 0 aliphatic heterocycles. The Labute approximate surface area is 105 Å². The van der Waals surface area contributed by atoms with Crippen molar-refractivity contribution in [2.45, 2.75) is 0 Å². The molecule has 2 nitrogen and oxygen atoms in total. The second-order valence-corrected chi connectivity index (χ2v) is 3.87. The number of amides is 1. The van der Waals surface area contributed by atoms with Crippen LogP contribution in [0.5, 0.6) is 0 Å². The number of carbonyl (C=O) groups excluding carboxylic acids is 1. The molecule has 90 valence electrons. The fraction of sp³-hybridized carbons (Fsp3) is 0. The highest BCUT2D eigenvalue weighted by Gasteiger charge is 1.99. The van der Waals surface area contributed by atoms with E-state index in [1.54, 1.807) is 12.1 Å². The molecule has 0 aliphatic rings. The van der Waals surface area contributed by atoms with E-state index in [1.807, 2.05) is 30.3 Å². The molecule has 2 aromatic carbocycles. The Morgan fingerprint density at radius 3 is 2.39 bits per heavy atom. The Morgan fingerprint density at radius 2 is 1.72 bits per heavy atom. The van der Waals surface area contributed by atoms with E-state index in [0.717, 1.165) is 16.7 Å². The van der Waals surface area contributed by atoms with E-state index < -0.39 is 5.91 Å². The van der Waals surface area contributed by atoms with Crippen LogP contribution >= 0.6 is 0 Å². The van der Waals surface area contributed by atoms with Crippen molar-refractivity contribution in [3.05, 3.63) is 66.0 Å². The molecule has 0 atom stereocenters. The number of benzene rings is 2. The molecule has 0 fully saturated rings. The Hall–Kier alpha value is -2.42. The lowest BCUT2D eigenvalue weighted by molar-refractivity contribution is -0.113. The van der Waals surface area contributed by atoms with E-state index in [0.29, 0.717) is 0 Å². The van der Waals surface area contributed by atoms with Gasteiger partial charge in [-0.2, -0.15) is 0 Å². The van der Waals surface area contributed by atoms with Crippen molar-refractivity contribution in [1.29, 1.82) is 0 Å². The van der Waals surface area contributed by atoms with Crippen molar-refractivity contribution in [3.8, 4) is 11.1 Å². The SMILES string of the molecule is NC(=O)/C=C\c1cccc(-c2cccc(F)c2)c1. The second-order valence-electron chi connectivity index (χ2n) is 3.87. The molecule has 0 saturated carbocycles. The summed E-state index contributed by atoms with van der Waals surface area (Å²) in [5.41, 5.74) is 7.56. The minimum absolute atomic E-state index is 0.273. The van der Waals surface area contributed by atoms with Gasteiger partial charge in [0.25, 0.3) is 0 Å². The monoisotopic (exact) mass is 241 g/mol. The molecular formula is C15H12FNO. The molecule has 0 spiro atoms. The van der Waals surface area contributed by atoms with Crippen LogP contribution < -0.4 is 5.73 Å². The van der Waals surface area contributed by atoms with Gasteiger partial charge in [0.05, 0.1) is 0 Å². The summed E-state index contributed by atoms with van der Waals surface area (Å²) in [5, 5.41) is 0. The number of nitrogens with two attached hydrogens (primary N) is 1. The van der Waals surface area contributed by atoms with Gasteiger partial charge in [0.15, 0.2) is 0 Å². The highest BCUT2D eigenvalue weighted by atomic mass is 19.1. The topological polar surface area (TPSA) is 43.1 Å². The van der Waals surface area contributed by atoms with Crippen molar-refractivity contribution < 1.29 is 9.18 Å². The average Bonchev–Trinajstić information content (AvgIpc) is 2.37. The first kappa shape index (κ1) is 12.0. The number of rotatable bonds is 3. The molecule has 0 saturated heterocycles. The van der Waals surface area contributed by atoms with Crippen LogP contribution in [-0.2, 0) is 4.79 Å². The van der Waals surface area contributed by atoms with Gasteiger partial charge in [0.2, 0.25) is 5.91 Å². The normalized spacial score (nSPS) is 10.7. The maximum absolute atomic E-state index is 13.1. The van der Waals surface area contributed by atoms with Crippen LogP contribution in [0.2, 0.25) is 0 Å². The van der Waals surface area contributed by atoms with Gasteiger partial charge in [-0.25, -0.2) is 4.39 Å². The first-order valence-electron chi connectivity index (χ1n) is 5.49. The molecule has 0 radical (unpaired) electrons. The Bertz CT molecular complexity index is 605. The number of halogens is 1. The summed E-state index contributed by atoms with van der Waals surface area (Å²) in [6.45, 7) is 0. The summed E-state index contributed by atoms with van der Waals surface area (Å²) in [6.07, 6.45) is 2.93. The number of carbonyl (C=O) groups is 1. The average molecular weight is 241 g/mol. The number of hydrogen-bond acceptors (Lipinski definition) is 1. The third kappa shape index (κ3) is 3.04. The molecule has 0 bridgehead atoms. The quantitative estimate of drug-likeness (QED) is 0.825. The molecule has 18 heavy (non-hydrogen) atoms. The zero-order chi connectivity index (χ0) is 13.0. The minimum atomic E-state index is -0.494. The van der Waals surface area contributed by atoms with Crippen LogP contribution in [0.1, 0.15) is 5.56 Å². The summed E-state index contributed by atoms with van der Waals surface area (Å²) in [6, 6.07) is 13.8. The summed E-state index contributed by atoms with van der Waals surface area (Å²) in [4.78, 5) is 10.7. The third-order valence-corrected chi connectivity index (χ3v) is 2.48. The number of hydrogen-bond donors (Lipinski definition) is 1. The van der Waals surface area contributed by atoms with E-state index in [-0.39, 0.29) is 5.82 Å². The molecule has 2 rings (SSSR count). The smallest absolute Gasteiger partial charge is 0.241 e. The summed E-state index contributed by atoms with van der Waals surface area (Å²) >= 11 is 0. The highest BCUT2D eigenvalue weighted by Crippen LogP contribution is 2.21. The molecule has 0 aromatic heterocycles. The van der Waals surface area contributed by atoms with Gasteiger partial charge in [-0.05, 0) is 41.0 Å². The van der Waals surface area contributed by atoms with Crippen molar-refractivity contribution in [2.75, 3.05) is 0 Å². The van der Waals surface area contributed by atoms with Crippen molar-refractivity contribution in [1.82, 2.24) is 0 Å². The molecule has 1 amide bonds. The Balaban J connectivity index is 2.35. The van der Waals surface area contributed by atoms with Gasteiger partial charge < -0.3 is 5.73 Å². The minimum Gasteiger partial charge on any atom is -0.366 e. The summed E-state index contributed by atoms with van der Waals surface area (Å²) < 4.78 is 13.1. The van der Waals surface area contributed by atoms with Crippen LogP contribution in [-0.4, -0.2) is 5.91 Å². The lowest BCUT2D eigenvalue weighted by Gasteiger charge is -2.03. The summed E-state index contributed by atoms with van der Waals surface area (Å²) in [5.74, 6) is -0.767. The highest BCUT2D eigenvalue weighted by molar-refractivity contribution is 5.90. The third-order valence-electron chi connectivity index (χ3n) is 2.48. The van der Waals surface area contributed by atoms with E-state index >= 15 is 0 Å². The van der Waals surface area contributed by atoms with Gasteiger partial charge in [0.1, 0.15) is 5.82 Å². The maximum atomic E-state index is 13.1. The van der Waals surface area contributed by atoms with Crippen molar-refractivity contribution >= 4 is 12.0 Å². The van der Waals surface area contributed by atoms with Crippen molar-refractivity contribution in [2.24, 2.45) is 5.73 Å². The van der Waals surface area contributed by atoms with Gasteiger partial charge in [-0.15, -0.1) is 0 Å². The number of primary amides is 1. The Kier molecular flexibility index (Phi) is 3.53. The van der Waals surface area contributed by atoms with Gasteiger partial charge in [-0.1, -0.05) is 30.3 Å². The predicted octanol–water partition coefficient (Wildman–Crippen LogP) is 2.99. The fourth-order valence-corrected chi connectivity index (χ4v) is 1.67. The molecule has 3 heteroatoms. The first-order valence-corrected chi connectivity index (χ1v) is 5.49. The molecular weight excluding hydrogens is 229 g/mol. The fourth-order valence-electron chi connectivity index (χ4n) is 1.67. The van der Waals surface area contributed by atoms with E-state index in [9.17, 15) is 9.18 Å². The van der Waals surface area contributed by atoms with E-state index in [4.69, 9.17) is 5.73 Å². The van der Waals surface area contributed by atoms with Crippen LogP contribution in [0, 0.1) is 5.82 Å². The lowest BCUT2D eigenvalue weighted by atomic mass is 10.0. The predicted molar refractivity (Wildman–Crippen MR) is 70.1 cm³/mol. The van der Waals surface area contributed by atoms with Crippen LogP contribution in [0.15, 0.2) is 54.6 Å². The molecule has 0 aliphatic carbocycles. The lowest BCUT2D eigenvalue weighted by Crippen LogP contribution is -2.05. The maximum Gasteiger partial charge on any atom is 0.241 e. The van der Waals surface area contributed by atoms with E-state index in [2.05, 4.69) is 0 Å². The zero-order valence-electron chi connectivity index (χ0n) is 9.64.